The lowest BCUT2D eigenvalue weighted by atomic mass is 10.1. The van der Waals surface area contributed by atoms with E-state index in [1.807, 2.05) is 0 Å². The molecule has 0 amide bonds. The third-order valence-corrected chi connectivity index (χ3v) is 5.44. The normalized spacial score (nSPS) is 22.6. The second-order valence-electron chi connectivity index (χ2n) is 5.11. The minimum absolute atomic E-state index is 0.0159. The summed E-state index contributed by atoms with van der Waals surface area (Å²) in [7, 11) is -3.04. The summed E-state index contributed by atoms with van der Waals surface area (Å²) in [5.74, 6) is 0.143. The van der Waals surface area contributed by atoms with Crippen molar-refractivity contribution in [1.29, 1.82) is 5.26 Å². The maximum atomic E-state index is 11.7. The summed E-state index contributed by atoms with van der Waals surface area (Å²) in [5, 5.41) is 13.8. The van der Waals surface area contributed by atoms with Gasteiger partial charge in [0.15, 0.2) is 9.84 Å². The topological polar surface area (TPSA) is 75.8 Å². The Morgan fingerprint density at radius 1 is 1.33 bits per heavy atom. The van der Waals surface area contributed by atoms with Crippen LogP contribution in [0.1, 0.15) is 48.7 Å². The summed E-state index contributed by atoms with van der Waals surface area (Å²) in [4.78, 5) is 0. The molecule has 1 saturated carbocycles. The second-order valence-corrected chi connectivity index (χ2v) is 7.29. The Morgan fingerprint density at radius 3 is 2.72 bits per heavy atom. The van der Waals surface area contributed by atoms with E-state index in [1.165, 1.54) is 12.8 Å². The number of hydrogen-bond acceptors (Lipinski definition) is 4. The van der Waals surface area contributed by atoms with Crippen molar-refractivity contribution in [2.24, 2.45) is 0 Å². The highest BCUT2D eigenvalue weighted by molar-refractivity contribution is 7.90. The molecule has 1 aromatic rings. The van der Waals surface area contributed by atoms with Gasteiger partial charge in [-0.05, 0) is 12.8 Å². The van der Waals surface area contributed by atoms with Gasteiger partial charge < -0.3 is 0 Å². The molecule has 3 rings (SSSR count). The van der Waals surface area contributed by atoms with E-state index in [-0.39, 0.29) is 17.5 Å². The molecule has 0 N–H and O–H groups in total. The molecule has 1 aromatic heterocycles. The molecule has 0 radical (unpaired) electrons. The maximum absolute atomic E-state index is 11.7. The van der Waals surface area contributed by atoms with Crippen LogP contribution in [-0.4, -0.2) is 24.0 Å². The van der Waals surface area contributed by atoms with Crippen molar-refractivity contribution >= 4 is 9.84 Å². The summed E-state index contributed by atoms with van der Waals surface area (Å²) in [6.07, 6.45) is 4.87. The number of nitriles is 1. The van der Waals surface area contributed by atoms with Crippen LogP contribution < -0.4 is 0 Å². The van der Waals surface area contributed by atoms with E-state index in [9.17, 15) is 13.7 Å². The second kappa shape index (κ2) is 4.09. The van der Waals surface area contributed by atoms with Crippen molar-refractivity contribution in [3.8, 4) is 6.07 Å². The molecule has 0 aromatic carbocycles. The Bertz CT molecular complexity index is 618. The van der Waals surface area contributed by atoms with Crippen molar-refractivity contribution < 1.29 is 8.42 Å². The molecule has 18 heavy (non-hydrogen) atoms. The third-order valence-electron chi connectivity index (χ3n) is 3.88. The first-order valence-corrected chi connectivity index (χ1v) is 8.13. The van der Waals surface area contributed by atoms with Crippen LogP contribution in [0.25, 0.3) is 0 Å². The van der Waals surface area contributed by atoms with Crippen LogP contribution in [0, 0.1) is 11.3 Å². The van der Waals surface area contributed by atoms with Crippen molar-refractivity contribution in [3.63, 3.8) is 0 Å². The average molecular weight is 265 g/mol. The quantitative estimate of drug-likeness (QED) is 0.768. The summed E-state index contributed by atoms with van der Waals surface area (Å²) in [5.41, 5.74) is 1.93. The average Bonchev–Trinajstić information content (AvgIpc) is 2.92. The molecular weight excluding hydrogens is 250 g/mol. The van der Waals surface area contributed by atoms with Gasteiger partial charge in [0.25, 0.3) is 0 Å². The zero-order chi connectivity index (χ0) is 12.8. The highest BCUT2D eigenvalue weighted by atomic mass is 32.2. The van der Waals surface area contributed by atoms with E-state index in [0.717, 1.165) is 18.5 Å². The van der Waals surface area contributed by atoms with E-state index < -0.39 is 9.84 Å². The summed E-state index contributed by atoms with van der Waals surface area (Å²) in [6, 6.07) is 2.44. The van der Waals surface area contributed by atoms with Crippen molar-refractivity contribution in [2.75, 3.05) is 5.75 Å². The molecule has 0 atom stereocenters. The first-order chi connectivity index (χ1) is 8.61. The minimum atomic E-state index is -3.04. The molecule has 0 spiro atoms. The van der Waals surface area contributed by atoms with Crippen LogP contribution in [0.4, 0.5) is 0 Å². The van der Waals surface area contributed by atoms with Crippen LogP contribution in [0.15, 0.2) is 0 Å². The zero-order valence-electron chi connectivity index (χ0n) is 10.1. The smallest absolute Gasteiger partial charge is 0.155 e. The number of aryl methyl sites for hydroxylation is 1. The van der Waals surface area contributed by atoms with E-state index in [4.69, 9.17) is 0 Å². The van der Waals surface area contributed by atoms with Crippen LogP contribution in [0.5, 0.6) is 0 Å². The Labute approximate surface area is 106 Å². The Hall–Kier alpha value is -1.35. The van der Waals surface area contributed by atoms with Gasteiger partial charge in [-0.2, -0.15) is 10.4 Å². The van der Waals surface area contributed by atoms with E-state index in [2.05, 4.69) is 11.2 Å². The fourth-order valence-electron chi connectivity index (χ4n) is 2.94. The number of sulfone groups is 1. The van der Waals surface area contributed by atoms with Crippen LogP contribution >= 0.6 is 0 Å². The van der Waals surface area contributed by atoms with E-state index in [0.29, 0.717) is 17.7 Å². The van der Waals surface area contributed by atoms with Gasteiger partial charge in [0.2, 0.25) is 0 Å². The molecule has 0 unspecified atom stereocenters. The third kappa shape index (κ3) is 1.83. The number of nitrogens with zero attached hydrogens (tertiary/aromatic N) is 3. The van der Waals surface area contributed by atoms with Crippen molar-refractivity contribution in [3.05, 3.63) is 17.0 Å². The monoisotopic (exact) mass is 265 g/mol. The lowest BCUT2D eigenvalue weighted by molar-refractivity contribution is 0.459. The van der Waals surface area contributed by atoms with Crippen LogP contribution in [-0.2, 0) is 22.0 Å². The molecule has 2 aliphatic rings. The van der Waals surface area contributed by atoms with E-state index in [1.54, 1.807) is 4.68 Å². The summed E-state index contributed by atoms with van der Waals surface area (Å²) >= 11 is 0. The van der Waals surface area contributed by atoms with Gasteiger partial charge in [-0.15, -0.1) is 0 Å². The molecule has 0 saturated heterocycles. The highest BCUT2D eigenvalue weighted by Gasteiger charge is 2.31. The SMILES string of the molecule is N#Cc1c2c(nn1C1CCCC1)CCS(=O)(=O)C2. The van der Waals surface area contributed by atoms with Gasteiger partial charge in [0, 0.05) is 12.0 Å². The van der Waals surface area contributed by atoms with Gasteiger partial charge in [-0.25, -0.2) is 8.42 Å². The number of hydrogen-bond donors (Lipinski definition) is 0. The minimum Gasteiger partial charge on any atom is -0.251 e. The molecule has 96 valence electrons. The lowest BCUT2D eigenvalue weighted by Crippen LogP contribution is -2.18. The van der Waals surface area contributed by atoms with Gasteiger partial charge in [0.1, 0.15) is 11.8 Å². The van der Waals surface area contributed by atoms with Gasteiger partial charge in [-0.1, -0.05) is 12.8 Å². The molecule has 0 bridgehead atoms. The maximum Gasteiger partial charge on any atom is 0.155 e. The largest absolute Gasteiger partial charge is 0.251 e. The number of fused-ring (bicyclic) bond motifs is 1. The molecular formula is C12H15N3O2S. The predicted octanol–water partition coefficient (Wildman–Crippen LogP) is 1.34. The molecule has 6 heteroatoms. The highest BCUT2D eigenvalue weighted by Crippen LogP contribution is 2.33. The lowest BCUT2D eigenvalue weighted by Gasteiger charge is -2.11. The molecule has 2 heterocycles. The first kappa shape index (κ1) is 11.7. The Morgan fingerprint density at radius 2 is 2.06 bits per heavy atom. The number of aromatic nitrogens is 2. The fraction of sp³-hybridized carbons (Fsp3) is 0.667. The first-order valence-electron chi connectivity index (χ1n) is 6.31. The fourth-order valence-corrected chi connectivity index (χ4v) is 4.34. The molecule has 1 aliphatic heterocycles. The molecule has 1 aliphatic carbocycles. The van der Waals surface area contributed by atoms with Crippen molar-refractivity contribution in [2.45, 2.75) is 43.9 Å². The molecule has 5 nitrogen and oxygen atoms in total. The summed E-state index contributed by atoms with van der Waals surface area (Å²) < 4.78 is 25.1. The zero-order valence-corrected chi connectivity index (χ0v) is 10.9. The molecule has 1 fully saturated rings. The standard InChI is InChI=1S/C12H15N3O2S/c13-7-12-10-8-18(16,17)6-5-11(10)14-15(12)9-3-1-2-4-9/h9H,1-6,8H2. The van der Waals surface area contributed by atoms with Gasteiger partial charge in [-0.3, -0.25) is 4.68 Å². The van der Waals surface area contributed by atoms with Crippen LogP contribution in [0.2, 0.25) is 0 Å². The van der Waals surface area contributed by atoms with Crippen molar-refractivity contribution in [1.82, 2.24) is 9.78 Å². The Kier molecular flexibility index (Phi) is 2.67. The summed E-state index contributed by atoms with van der Waals surface area (Å²) in [6.45, 7) is 0. The van der Waals surface area contributed by atoms with Crippen LogP contribution in [0.3, 0.4) is 0 Å². The Balaban J connectivity index is 2.08. The van der Waals surface area contributed by atoms with E-state index >= 15 is 0 Å². The van der Waals surface area contributed by atoms with Gasteiger partial charge >= 0.3 is 0 Å². The predicted molar refractivity (Wildman–Crippen MR) is 65.6 cm³/mol. The van der Waals surface area contributed by atoms with Gasteiger partial charge in [0.05, 0.1) is 23.2 Å². The number of rotatable bonds is 1.